The Morgan fingerprint density at radius 2 is 1.78 bits per heavy atom. The zero-order chi connectivity index (χ0) is 23.7. The fraction of sp³-hybridized carbons (Fsp3) is 0.391. The highest BCUT2D eigenvalue weighted by atomic mass is 35.5. The molecule has 174 valence electrons. The molecule has 0 spiro atoms. The van der Waals surface area contributed by atoms with E-state index < -0.39 is 6.04 Å². The smallest absolute Gasteiger partial charge is 0.242 e. The van der Waals surface area contributed by atoms with Crippen molar-refractivity contribution in [3.63, 3.8) is 0 Å². The molecule has 0 aliphatic carbocycles. The topological polar surface area (TPSA) is 49.4 Å². The number of thioether (sulfide) groups is 1. The van der Waals surface area contributed by atoms with E-state index in [1.807, 2.05) is 6.07 Å². The van der Waals surface area contributed by atoms with Crippen LogP contribution in [0.5, 0.6) is 0 Å². The Bertz CT molecular complexity index is 942. The van der Waals surface area contributed by atoms with Crippen molar-refractivity contribution in [1.29, 1.82) is 0 Å². The summed E-state index contributed by atoms with van der Waals surface area (Å²) in [6.07, 6.45) is 1.86. The van der Waals surface area contributed by atoms with Crippen LogP contribution in [0, 0.1) is 0 Å². The van der Waals surface area contributed by atoms with E-state index in [1.54, 1.807) is 42.2 Å². The Kier molecular flexibility index (Phi) is 11.5. The molecule has 0 aromatic heterocycles. The van der Waals surface area contributed by atoms with Gasteiger partial charge >= 0.3 is 0 Å². The molecule has 9 heteroatoms. The maximum absolute atomic E-state index is 13.1. The number of rotatable bonds is 11. The van der Waals surface area contributed by atoms with E-state index in [2.05, 4.69) is 12.2 Å². The molecule has 0 bridgehead atoms. The van der Waals surface area contributed by atoms with Crippen LogP contribution in [-0.4, -0.2) is 35.1 Å². The van der Waals surface area contributed by atoms with Gasteiger partial charge in [0.2, 0.25) is 11.8 Å². The summed E-state index contributed by atoms with van der Waals surface area (Å²) >= 11 is 25.8. The van der Waals surface area contributed by atoms with Crippen LogP contribution in [0.2, 0.25) is 20.1 Å². The highest BCUT2D eigenvalue weighted by Gasteiger charge is 2.26. The lowest BCUT2D eigenvalue weighted by molar-refractivity contribution is -0.138. The van der Waals surface area contributed by atoms with Crippen LogP contribution in [0.3, 0.4) is 0 Å². The minimum absolute atomic E-state index is 0.149. The Hall–Kier alpha value is -1.11. The first-order valence-corrected chi connectivity index (χ1v) is 12.9. The number of benzene rings is 2. The van der Waals surface area contributed by atoms with Gasteiger partial charge in [-0.25, -0.2) is 0 Å². The summed E-state index contributed by atoms with van der Waals surface area (Å²) < 4.78 is 0. The third kappa shape index (κ3) is 8.35. The number of nitrogens with zero attached hydrogens (tertiary/aromatic N) is 1. The van der Waals surface area contributed by atoms with Gasteiger partial charge in [-0.2, -0.15) is 0 Å². The highest BCUT2D eigenvalue weighted by molar-refractivity contribution is 7.99. The second kappa shape index (κ2) is 13.6. The highest BCUT2D eigenvalue weighted by Crippen LogP contribution is 2.26. The van der Waals surface area contributed by atoms with Crippen LogP contribution >= 0.6 is 58.2 Å². The molecule has 32 heavy (non-hydrogen) atoms. The van der Waals surface area contributed by atoms with Crippen LogP contribution in [0.15, 0.2) is 36.4 Å². The Morgan fingerprint density at radius 1 is 1.03 bits per heavy atom. The summed E-state index contributed by atoms with van der Waals surface area (Å²) in [6, 6.07) is 9.87. The van der Waals surface area contributed by atoms with Crippen LogP contribution in [0.1, 0.15) is 37.8 Å². The minimum atomic E-state index is -0.631. The van der Waals surface area contributed by atoms with Gasteiger partial charge in [0.15, 0.2) is 0 Å². The summed E-state index contributed by atoms with van der Waals surface area (Å²) in [6.45, 7) is 4.62. The van der Waals surface area contributed by atoms with Gasteiger partial charge in [0.25, 0.3) is 0 Å². The molecule has 0 heterocycles. The standard InChI is InChI=1S/C23H26Cl4N2O2S/c1-3-4-9-28-23(31)15(2)29(12-16-5-8-19(25)21(27)10-16)22(30)14-32-13-17-6-7-18(24)11-20(17)26/h5-8,10-11,15H,3-4,9,12-14H2,1-2H3,(H,28,31)/t15-/m0/s1. The zero-order valence-corrected chi connectivity index (χ0v) is 21.8. The number of hydrogen-bond acceptors (Lipinski definition) is 3. The number of hydrogen-bond donors (Lipinski definition) is 1. The van der Waals surface area contributed by atoms with Crippen molar-refractivity contribution in [2.45, 2.75) is 45.0 Å². The van der Waals surface area contributed by atoms with Crippen molar-refractivity contribution < 1.29 is 9.59 Å². The molecular weight excluding hydrogens is 510 g/mol. The van der Waals surface area contributed by atoms with E-state index in [1.165, 1.54) is 11.8 Å². The molecule has 0 saturated heterocycles. The molecule has 0 unspecified atom stereocenters. The molecule has 0 fully saturated rings. The molecule has 2 aromatic rings. The van der Waals surface area contributed by atoms with E-state index in [0.717, 1.165) is 24.0 Å². The van der Waals surface area contributed by atoms with Gasteiger partial charge in [-0.15, -0.1) is 11.8 Å². The third-order valence-corrected chi connectivity index (χ3v) is 7.12. The molecule has 1 atom stereocenters. The quantitative estimate of drug-likeness (QED) is 0.319. The maximum Gasteiger partial charge on any atom is 0.242 e. The summed E-state index contributed by atoms with van der Waals surface area (Å²) in [5.41, 5.74) is 1.70. The maximum atomic E-state index is 13.1. The van der Waals surface area contributed by atoms with Gasteiger partial charge in [0, 0.05) is 28.9 Å². The fourth-order valence-electron chi connectivity index (χ4n) is 2.92. The van der Waals surface area contributed by atoms with E-state index in [4.69, 9.17) is 46.4 Å². The summed E-state index contributed by atoms with van der Waals surface area (Å²) in [5, 5.41) is 4.88. The molecule has 0 aliphatic rings. The summed E-state index contributed by atoms with van der Waals surface area (Å²) in [5.74, 6) is 0.425. The minimum Gasteiger partial charge on any atom is -0.354 e. The molecule has 0 aliphatic heterocycles. The summed E-state index contributed by atoms with van der Waals surface area (Å²) in [7, 11) is 0. The first-order chi connectivity index (χ1) is 15.2. The van der Waals surface area contributed by atoms with Crippen LogP contribution < -0.4 is 5.32 Å². The van der Waals surface area contributed by atoms with Crippen molar-refractivity contribution in [3.05, 3.63) is 67.6 Å². The number of carbonyl (C=O) groups excluding carboxylic acids is 2. The molecule has 0 saturated carbocycles. The van der Waals surface area contributed by atoms with E-state index in [-0.39, 0.29) is 24.1 Å². The largest absolute Gasteiger partial charge is 0.354 e. The lowest BCUT2D eigenvalue weighted by Gasteiger charge is -2.29. The van der Waals surface area contributed by atoms with Gasteiger partial charge in [-0.3, -0.25) is 9.59 Å². The van der Waals surface area contributed by atoms with Crippen LogP contribution in [0.25, 0.3) is 0 Å². The van der Waals surface area contributed by atoms with Gasteiger partial charge in [-0.05, 0) is 48.7 Å². The third-order valence-electron chi connectivity index (χ3n) is 4.83. The second-order valence-corrected chi connectivity index (χ2v) is 9.96. The number of carbonyl (C=O) groups is 2. The molecule has 2 amide bonds. The van der Waals surface area contributed by atoms with Crippen molar-refractivity contribution in [3.8, 4) is 0 Å². The first-order valence-electron chi connectivity index (χ1n) is 10.3. The summed E-state index contributed by atoms with van der Waals surface area (Å²) in [4.78, 5) is 27.3. The molecular formula is C23H26Cl4N2O2S. The average Bonchev–Trinajstić information content (AvgIpc) is 2.75. The second-order valence-electron chi connectivity index (χ2n) is 7.32. The lowest BCUT2D eigenvalue weighted by atomic mass is 10.1. The van der Waals surface area contributed by atoms with Crippen molar-refractivity contribution >= 4 is 70.0 Å². The lowest BCUT2D eigenvalue weighted by Crippen LogP contribution is -2.48. The Labute approximate surface area is 213 Å². The monoisotopic (exact) mass is 534 g/mol. The Balaban J connectivity index is 2.09. The van der Waals surface area contributed by atoms with Gasteiger partial charge in [-0.1, -0.05) is 71.9 Å². The molecule has 1 N–H and O–H groups in total. The van der Waals surface area contributed by atoms with E-state index in [9.17, 15) is 9.59 Å². The predicted molar refractivity (Wildman–Crippen MR) is 137 cm³/mol. The molecule has 2 aromatic carbocycles. The van der Waals surface area contributed by atoms with Crippen molar-refractivity contribution in [2.24, 2.45) is 0 Å². The SMILES string of the molecule is CCCCNC(=O)[C@H](C)N(Cc1ccc(Cl)c(Cl)c1)C(=O)CSCc1ccc(Cl)cc1Cl. The van der Waals surface area contributed by atoms with E-state index >= 15 is 0 Å². The van der Waals surface area contributed by atoms with Crippen LogP contribution in [0.4, 0.5) is 0 Å². The first kappa shape index (κ1) is 27.1. The van der Waals surface area contributed by atoms with Gasteiger partial charge < -0.3 is 10.2 Å². The normalized spacial score (nSPS) is 11.8. The van der Waals surface area contributed by atoms with Crippen molar-refractivity contribution in [1.82, 2.24) is 10.2 Å². The van der Waals surface area contributed by atoms with E-state index in [0.29, 0.717) is 32.4 Å². The average molecular weight is 536 g/mol. The predicted octanol–water partition coefficient (Wildman–Crippen LogP) is 6.87. The number of unbranched alkanes of at least 4 members (excludes halogenated alkanes) is 1. The zero-order valence-electron chi connectivity index (χ0n) is 18.0. The molecule has 2 rings (SSSR count). The fourth-order valence-corrected chi connectivity index (χ4v) is 4.71. The molecule has 4 nitrogen and oxygen atoms in total. The number of nitrogens with one attached hydrogen (secondary N) is 1. The molecule has 0 radical (unpaired) electrons. The van der Waals surface area contributed by atoms with Crippen molar-refractivity contribution in [2.75, 3.05) is 12.3 Å². The van der Waals surface area contributed by atoms with Crippen LogP contribution in [-0.2, 0) is 21.9 Å². The van der Waals surface area contributed by atoms with Gasteiger partial charge in [0.1, 0.15) is 6.04 Å². The number of halogens is 4. The van der Waals surface area contributed by atoms with Gasteiger partial charge in [0.05, 0.1) is 15.8 Å². The Morgan fingerprint density at radius 3 is 2.44 bits per heavy atom. The number of amides is 2.